The van der Waals surface area contributed by atoms with E-state index in [1.165, 1.54) is 12.8 Å². The summed E-state index contributed by atoms with van der Waals surface area (Å²) in [5.41, 5.74) is 2.04. The van der Waals surface area contributed by atoms with E-state index in [-0.39, 0.29) is 11.9 Å². The molecule has 1 saturated heterocycles. The number of nitrogens with zero attached hydrogens (tertiary/aromatic N) is 3. The highest BCUT2D eigenvalue weighted by molar-refractivity contribution is 7.15. The fourth-order valence-electron chi connectivity index (χ4n) is 4.56. The van der Waals surface area contributed by atoms with Crippen LogP contribution in [0.5, 0.6) is 0 Å². The van der Waals surface area contributed by atoms with Gasteiger partial charge in [-0.25, -0.2) is 9.97 Å². The number of aryl methyl sites for hydroxylation is 1. The van der Waals surface area contributed by atoms with Crippen LogP contribution in [0.4, 0.5) is 5.82 Å². The van der Waals surface area contributed by atoms with Gasteiger partial charge in [-0.1, -0.05) is 48.0 Å². The van der Waals surface area contributed by atoms with Crippen LogP contribution in [0.2, 0.25) is 5.15 Å². The Bertz CT molecular complexity index is 1100. The van der Waals surface area contributed by atoms with Crippen LogP contribution in [0.1, 0.15) is 41.2 Å². The number of carbonyl (C=O) groups excluding carboxylic acids is 1. The summed E-state index contributed by atoms with van der Waals surface area (Å²) in [6, 6.07) is 15.7. The summed E-state index contributed by atoms with van der Waals surface area (Å²) in [6.07, 6.45) is 4.64. The highest BCUT2D eigenvalue weighted by Crippen LogP contribution is 2.55. The fraction of sp³-hybridized carbons (Fsp3) is 0.375. The number of hydrogen-bond donors (Lipinski definition) is 1. The summed E-state index contributed by atoms with van der Waals surface area (Å²) in [5, 5.41) is 4.78. The van der Waals surface area contributed by atoms with Crippen molar-refractivity contribution in [1.29, 1.82) is 0 Å². The summed E-state index contributed by atoms with van der Waals surface area (Å²) >= 11 is 7.62. The molecule has 1 atom stereocenters. The molecule has 160 valence electrons. The zero-order valence-corrected chi connectivity index (χ0v) is 19.0. The first-order valence-corrected chi connectivity index (χ1v) is 11.9. The van der Waals surface area contributed by atoms with Gasteiger partial charge >= 0.3 is 0 Å². The highest BCUT2D eigenvalue weighted by atomic mass is 35.5. The van der Waals surface area contributed by atoms with Gasteiger partial charge in [-0.3, -0.25) is 4.79 Å². The third kappa shape index (κ3) is 4.32. The van der Waals surface area contributed by atoms with Crippen molar-refractivity contribution in [2.24, 2.45) is 5.41 Å². The Hall–Kier alpha value is -2.44. The molecule has 2 fully saturated rings. The van der Waals surface area contributed by atoms with E-state index in [4.69, 9.17) is 11.6 Å². The number of anilines is 1. The van der Waals surface area contributed by atoms with Crippen LogP contribution < -0.4 is 5.32 Å². The molecule has 1 N–H and O–H groups in total. The Morgan fingerprint density at radius 2 is 1.97 bits per heavy atom. The van der Waals surface area contributed by atoms with E-state index in [0.29, 0.717) is 22.8 Å². The van der Waals surface area contributed by atoms with Crippen LogP contribution in [-0.4, -0.2) is 39.9 Å². The van der Waals surface area contributed by atoms with Gasteiger partial charge in [0.05, 0.1) is 9.88 Å². The number of rotatable bonds is 5. The second-order valence-corrected chi connectivity index (χ2v) is 10.2. The van der Waals surface area contributed by atoms with E-state index in [0.717, 1.165) is 40.7 Å². The standard InChI is InChI=1S/C24H25ClN4OS/c1-16-27-21(22(31-16)17-6-3-2-4-7-17)23(30)29-13-12-24(10-11-24)14-18(29)15-26-20-9-5-8-19(25)28-20/h2-9,18H,10-15H2,1H3,(H,26,28). The summed E-state index contributed by atoms with van der Waals surface area (Å²) in [6.45, 7) is 3.40. The van der Waals surface area contributed by atoms with E-state index in [1.54, 1.807) is 17.4 Å². The van der Waals surface area contributed by atoms with Crippen LogP contribution in [0, 0.1) is 12.3 Å². The molecule has 1 saturated carbocycles. The largest absolute Gasteiger partial charge is 0.368 e. The summed E-state index contributed by atoms with van der Waals surface area (Å²) in [5.74, 6) is 0.773. The number of piperidine rings is 1. The van der Waals surface area contributed by atoms with Crippen LogP contribution in [0.25, 0.3) is 10.4 Å². The van der Waals surface area contributed by atoms with Gasteiger partial charge < -0.3 is 10.2 Å². The lowest BCUT2D eigenvalue weighted by Crippen LogP contribution is -2.50. The van der Waals surface area contributed by atoms with Crippen LogP contribution in [-0.2, 0) is 0 Å². The van der Waals surface area contributed by atoms with Crippen molar-refractivity contribution in [3.8, 4) is 10.4 Å². The minimum atomic E-state index is 0.0320. The van der Waals surface area contributed by atoms with Crippen molar-refractivity contribution in [2.75, 3.05) is 18.4 Å². The number of carbonyl (C=O) groups is 1. The van der Waals surface area contributed by atoms with E-state index >= 15 is 0 Å². The highest BCUT2D eigenvalue weighted by Gasteiger charge is 2.49. The second kappa shape index (κ2) is 8.24. The molecule has 1 spiro atoms. The normalized spacial score (nSPS) is 19.4. The molecule has 0 bridgehead atoms. The topological polar surface area (TPSA) is 58.1 Å². The molecule has 5 rings (SSSR count). The van der Waals surface area contributed by atoms with E-state index in [9.17, 15) is 4.79 Å². The van der Waals surface area contributed by atoms with Gasteiger partial charge in [0, 0.05) is 19.1 Å². The van der Waals surface area contributed by atoms with Gasteiger partial charge in [0.25, 0.3) is 5.91 Å². The van der Waals surface area contributed by atoms with Gasteiger partial charge in [0.1, 0.15) is 16.7 Å². The Morgan fingerprint density at radius 3 is 2.71 bits per heavy atom. The van der Waals surface area contributed by atoms with Crippen LogP contribution >= 0.6 is 22.9 Å². The van der Waals surface area contributed by atoms with E-state index < -0.39 is 0 Å². The average Bonchev–Trinajstić information content (AvgIpc) is 3.41. The number of benzene rings is 1. The number of aromatic nitrogens is 2. The Kier molecular flexibility index (Phi) is 5.44. The Balaban J connectivity index is 1.40. The first-order valence-electron chi connectivity index (χ1n) is 10.7. The smallest absolute Gasteiger partial charge is 0.274 e. The summed E-state index contributed by atoms with van der Waals surface area (Å²) in [4.78, 5) is 25.7. The molecule has 2 aliphatic rings. The maximum Gasteiger partial charge on any atom is 0.274 e. The molecule has 2 aromatic heterocycles. The molecule has 1 aliphatic heterocycles. The molecule has 7 heteroatoms. The van der Waals surface area contributed by atoms with Gasteiger partial charge in [0.2, 0.25) is 0 Å². The average molecular weight is 453 g/mol. The zero-order chi connectivity index (χ0) is 21.4. The number of amides is 1. The molecule has 1 amide bonds. The number of thiazole rings is 1. The van der Waals surface area contributed by atoms with Crippen LogP contribution in [0.15, 0.2) is 48.5 Å². The molecular formula is C24H25ClN4OS. The molecule has 31 heavy (non-hydrogen) atoms. The second-order valence-electron chi connectivity index (χ2n) is 8.61. The number of pyridine rings is 1. The van der Waals surface area contributed by atoms with Gasteiger partial charge in [-0.15, -0.1) is 11.3 Å². The SMILES string of the molecule is Cc1nc(C(=O)N2CCC3(CC3)CC2CNc2cccc(Cl)n2)c(-c2ccccc2)s1. The lowest BCUT2D eigenvalue weighted by molar-refractivity contribution is 0.0541. The first-order chi connectivity index (χ1) is 15.0. The van der Waals surface area contributed by atoms with Crippen LogP contribution in [0.3, 0.4) is 0 Å². The predicted molar refractivity (Wildman–Crippen MR) is 126 cm³/mol. The maximum atomic E-state index is 13.7. The zero-order valence-electron chi connectivity index (χ0n) is 17.5. The van der Waals surface area contributed by atoms with Crippen molar-refractivity contribution < 1.29 is 4.79 Å². The molecular weight excluding hydrogens is 428 g/mol. The predicted octanol–water partition coefficient (Wildman–Crippen LogP) is 5.66. The quantitative estimate of drug-likeness (QED) is 0.507. The number of halogens is 1. The number of hydrogen-bond acceptors (Lipinski definition) is 5. The summed E-state index contributed by atoms with van der Waals surface area (Å²) < 4.78 is 0. The molecule has 1 aromatic carbocycles. The monoisotopic (exact) mass is 452 g/mol. The fourth-order valence-corrected chi connectivity index (χ4v) is 5.63. The van der Waals surface area contributed by atoms with Gasteiger partial charge in [-0.2, -0.15) is 0 Å². The minimum Gasteiger partial charge on any atom is -0.368 e. The lowest BCUT2D eigenvalue weighted by Gasteiger charge is -2.40. The molecule has 5 nitrogen and oxygen atoms in total. The van der Waals surface area contributed by atoms with Crippen molar-refractivity contribution >= 4 is 34.7 Å². The first kappa shape index (κ1) is 20.5. The Morgan fingerprint density at radius 1 is 1.16 bits per heavy atom. The van der Waals surface area contributed by atoms with Crippen molar-refractivity contribution in [1.82, 2.24) is 14.9 Å². The third-order valence-corrected chi connectivity index (χ3v) is 7.65. The van der Waals surface area contributed by atoms with Crippen molar-refractivity contribution in [3.63, 3.8) is 0 Å². The maximum absolute atomic E-state index is 13.7. The van der Waals surface area contributed by atoms with Crippen molar-refractivity contribution in [3.05, 3.63) is 64.4 Å². The third-order valence-electron chi connectivity index (χ3n) is 6.42. The lowest BCUT2D eigenvalue weighted by atomic mass is 9.87. The minimum absolute atomic E-state index is 0.0320. The molecule has 0 radical (unpaired) electrons. The molecule has 3 heterocycles. The van der Waals surface area contributed by atoms with Crippen molar-refractivity contribution in [2.45, 2.75) is 38.6 Å². The van der Waals surface area contributed by atoms with Gasteiger partial charge in [0.15, 0.2) is 0 Å². The molecule has 1 unspecified atom stereocenters. The Labute approximate surface area is 191 Å². The summed E-state index contributed by atoms with van der Waals surface area (Å²) in [7, 11) is 0. The number of nitrogens with one attached hydrogen (secondary N) is 1. The van der Waals surface area contributed by atoms with E-state index in [1.807, 2.05) is 54.3 Å². The molecule has 3 aromatic rings. The van der Waals surface area contributed by atoms with Gasteiger partial charge in [-0.05, 0) is 55.7 Å². The number of likely N-dealkylation sites (tertiary alicyclic amines) is 1. The molecule has 1 aliphatic carbocycles. The van der Waals surface area contributed by atoms with E-state index in [2.05, 4.69) is 15.3 Å².